The van der Waals surface area contributed by atoms with E-state index in [9.17, 15) is 5.11 Å². The first-order chi connectivity index (χ1) is 7.31. The van der Waals surface area contributed by atoms with Crippen LogP contribution in [-0.2, 0) is 0 Å². The Labute approximate surface area is 87.7 Å². The summed E-state index contributed by atoms with van der Waals surface area (Å²) in [5.41, 5.74) is 6.27. The molecule has 1 heterocycles. The lowest BCUT2D eigenvalue weighted by molar-refractivity contribution is 0.170. The van der Waals surface area contributed by atoms with E-state index in [-0.39, 0.29) is 0 Å². The molecule has 78 valence electrons. The van der Waals surface area contributed by atoms with Crippen LogP contribution >= 0.6 is 0 Å². The molecule has 0 aliphatic heterocycles. The van der Waals surface area contributed by atoms with Gasteiger partial charge in [-0.25, -0.2) is 0 Å². The first-order valence-corrected chi connectivity index (χ1v) is 4.90. The Morgan fingerprint density at radius 2 is 1.93 bits per heavy atom. The Hall–Kier alpha value is -1.52. The second kappa shape index (κ2) is 4.33. The minimum atomic E-state index is -0.493. The predicted molar refractivity (Wildman–Crippen MR) is 58.2 cm³/mol. The highest BCUT2D eigenvalue weighted by Gasteiger charge is 2.06. The van der Waals surface area contributed by atoms with Gasteiger partial charge < -0.3 is 10.8 Å². The number of aliphatic hydroxyl groups is 1. The highest BCUT2D eigenvalue weighted by atomic mass is 16.3. The van der Waals surface area contributed by atoms with Gasteiger partial charge in [0, 0.05) is 10.8 Å². The van der Waals surface area contributed by atoms with Crippen molar-refractivity contribution >= 4 is 10.8 Å². The van der Waals surface area contributed by atoms with Gasteiger partial charge in [0.05, 0.1) is 18.5 Å². The number of fused-ring (bicyclic) bond motifs is 1. The smallest absolute Gasteiger partial charge is 0.0802 e. The lowest BCUT2D eigenvalue weighted by Crippen LogP contribution is -2.06. The van der Waals surface area contributed by atoms with Crippen LogP contribution in [0.2, 0.25) is 0 Å². The summed E-state index contributed by atoms with van der Waals surface area (Å²) in [5, 5.41) is 19.4. The number of nitrogens with zero attached hydrogens (tertiary/aromatic N) is 2. The van der Waals surface area contributed by atoms with E-state index in [1.165, 1.54) is 0 Å². The van der Waals surface area contributed by atoms with Gasteiger partial charge in [-0.05, 0) is 24.6 Å². The van der Waals surface area contributed by atoms with Gasteiger partial charge in [-0.1, -0.05) is 12.1 Å². The third kappa shape index (κ3) is 2.11. The van der Waals surface area contributed by atoms with Gasteiger partial charge >= 0.3 is 0 Å². The van der Waals surface area contributed by atoms with E-state index in [0.717, 1.165) is 16.3 Å². The van der Waals surface area contributed by atoms with Gasteiger partial charge in [-0.15, -0.1) is 0 Å². The molecule has 15 heavy (non-hydrogen) atoms. The van der Waals surface area contributed by atoms with Crippen LogP contribution in [0.15, 0.2) is 30.6 Å². The van der Waals surface area contributed by atoms with Crippen LogP contribution in [0.4, 0.5) is 0 Å². The molecule has 3 N–H and O–H groups in total. The monoisotopic (exact) mass is 203 g/mol. The fourth-order valence-corrected chi connectivity index (χ4v) is 1.55. The Balaban J connectivity index is 2.38. The van der Waals surface area contributed by atoms with Gasteiger partial charge in [-0.2, -0.15) is 10.2 Å². The van der Waals surface area contributed by atoms with Crippen LogP contribution in [0.5, 0.6) is 0 Å². The molecule has 4 heteroatoms. The molecular formula is C11H13N3O. The first kappa shape index (κ1) is 10.0. The number of aliphatic hydroxyl groups excluding tert-OH is 1. The minimum absolute atomic E-state index is 0.480. The number of nitrogens with two attached hydrogens (primary N) is 1. The number of rotatable bonds is 3. The molecule has 0 fully saturated rings. The number of hydrogen-bond acceptors (Lipinski definition) is 4. The zero-order chi connectivity index (χ0) is 10.7. The molecule has 0 radical (unpaired) electrons. The molecule has 2 aromatic rings. The average molecular weight is 203 g/mol. The molecule has 0 aliphatic rings. The van der Waals surface area contributed by atoms with E-state index in [1.807, 2.05) is 18.2 Å². The Morgan fingerprint density at radius 3 is 2.67 bits per heavy atom. The zero-order valence-electron chi connectivity index (χ0n) is 8.30. The van der Waals surface area contributed by atoms with Crippen molar-refractivity contribution in [3.05, 3.63) is 36.2 Å². The minimum Gasteiger partial charge on any atom is -0.388 e. The van der Waals surface area contributed by atoms with Crippen molar-refractivity contribution in [1.82, 2.24) is 10.2 Å². The topological polar surface area (TPSA) is 72.0 Å². The standard InChI is InChI=1S/C11H13N3O/c12-4-3-11(15)8-1-2-9-6-13-14-7-10(9)5-8/h1-2,5-7,11,15H,3-4,12H2. The van der Waals surface area contributed by atoms with Crippen molar-refractivity contribution in [2.24, 2.45) is 5.73 Å². The van der Waals surface area contributed by atoms with E-state index in [2.05, 4.69) is 10.2 Å². The van der Waals surface area contributed by atoms with E-state index in [0.29, 0.717) is 13.0 Å². The van der Waals surface area contributed by atoms with Crippen molar-refractivity contribution < 1.29 is 5.11 Å². The van der Waals surface area contributed by atoms with Gasteiger partial charge in [0.1, 0.15) is 0 Å². The molecule has 0 amide bonds. The molecular weight excluding hydrogens is 190 g/mol. The molecule has 0 spiro atoms. The van der Waals surface area contributed by atoms with E-state index in [1.54, 1.807) is 12.4 Å². The van der Waals surface area contributed by atoms with E-state index < -0.39 is 6.10 Å². The molecule has 0 saturated carbocycles. The summed E-state index contributed by atoms with van der Waals surface area (Å²) in [7, 11) is 0. The third-order valence-corrected chi connectivity index (χ3v) is 2.40. The van der Waals surface area contributed by atoms with Crippen molar-refractivity contribution in [2.45, 2.75) is 12.5 Å². The largest absolute Gasteiger partial charge is 0.388 e. The molecule has 0 bridgehead atoms. The summed E-state index contributed by atoms with van der Waals surface area (Å²) in [4.78, 5) is 0. The van der Waals surface area contributed by atoms with E-state index in [4.69, 9.17) is 5.73 Å². The summed E-state index contributed by atoms with van der Waals surface area (Å²) in [5.74, 6) is 0. The molecule has 0 aliphatic carbocycles. The molecule has 0 saturated heterocycles. The van der Waals surface area contributed by atoms with Crippen LogP contribution < -0.4 is 5.73 Å². The van der Waals surface area contributed by atoms with Crippen LogP contribution in [0.3, 0.4) is 0 Å². The van der Waals surface area contributed by atoms with Gasteiger partial charge in [0.2, 0.25) is 0 Å². The van der Waals surface area contributed by atoms with Gasteiger partial charge in [0.15, 0.2) is 0 Å². The molecule has 1 atom stereocenters. The number of benzene rings is 1. The normalized spacial score (nSPS) is 12.9. The first-order valence-electron chi connectivity index (χ1n) is 4.90. The lowest BCUT2D eigenvalue weighted by atomic mass is 10.0. The molecule has 1 unspecified atom stereocenters. The SMILES string of the molecule is NCCC(O)c1ccc2cnncc2c1. The quantitative estimate of drug-likeness (QED) is 0.781. The zero-order valence-corrected chi connectivity index (χ0v) is 8.30. The van der Waals surface area contributed by atoms with Gasteiger partial charge in [-0.3, -0.25) is 0 Å². The lowest BCUT2D eigenvalue weighted by Gasteiger charge is -2.09. The maximum Gasteiger partial charge on any atom is 0.0802 e. The fourth-order valence-electron chi connectivity index (χ4n) is 1.55. The summed E-state index contributed by atoms with van der Waals surface area (Å²) in [6, 6.07) is 5.74. The molecule has 2 rings (SSSR count). The van der Waals surface area contributed by atoms with E-state index >= 15 is 0 Å². The maximum atomic E-state index is 9.76. The Morgan fingerprint density at radius 1 is 1.20 bits per heavy atom. The maximum absolute atomic E-state index is 9.76. The van der Waals surface area contributed by atoms with Crippen LogP contribution in [0.1, 0.15) is 18.1 Å². The van der Waals surface area contributed by atoms with Crippen molar-refractivity contribution in [2.75, 3.05) is 6.54 Å². The second-order valence-electron chi connectivity index (χ2n) is 3.47. The Bertz CT molecular complexity index is 458. The summed E-state index contributed by atoms with van der Waals surface area (Å²) < 4.78 is 0. The van der Waals surface area contributed by atoms with Crippen LogP contribution in [0.25, 0.3) is 10.8 Å². The molecule has 1 aromatic carbocycles. The predicted octanol–water partition coefficient (Wildman–Crippen LogP) is 1.01. The highest BCUT2D eigenvalue weighted by molar-refractivity contribution is 5.81. The summed E-state index contributed by atoms with van der Waals surface area (Å²) in [6.07, 6.45) is 3.47. The third-order valence-electron chi connectivity index (χ3n) is 2.40. The van der Waals surface area contributed by atoms with Gasteiger partial charge in [0.25, 0.3) is 0 Å². The van der Waals surface area contributed by atoms with Crippen molar-refractivity contribution in [3.8, 4) is 0 Å². The summed E-state index contributed by atoms with van der Waals surface area (Å²) in [6.45, 7) is 0.480. The van der Waals surface area contributed by atoms with Crippen LogP contribution in [0, 0.1) is 0 Å². The second-order valence-corrected chi connectivity index (χ2v) is 3.47. The highest BCUT2D eigenvalue weighted by Crippen LogP contribution is 2.20. The number of hydrogen-bond donors (Lipinski definition) is 2. The Kier molecular flexibility index (Phi) is 2.89. The number of aromatic nitrogens is 2. The van der Waals surface area contributed by atoms with Crippen molar-refractivity contribution in [1.29, 1.82) is 0 Å². The molecule has 4 nitrogen and oxygen atoms in total. The van der Waals surface area contributed by atoms with Crippen molar-refractivity contribution in [3.63, 3.8) is 0 Å². The molecule has 1 aromatic heterocycles. The average Bonchev–Trinajstić information content (AvgIpc) is 2.29. The fraction of sp³-hybridized carbons (Fsp3) is 0.273. The summed E-state index contributed by atoms with van der Waals surface area (Å²) >= 11 is 0. The van der Waals surface area contributed by atoms with Crippen LogP contribution in [-0.4, -0.2) is 21.8 Å².